The highest BCUT2D eigenvalue weighted by Gasteiger charge is 2.30. The molecule has 1 fully saturated rings. The lowest BCUT2D eigenvalue weighted by molar-refractivity contribution is -0.126. The molecule has 3 aromatic rings. The zero-order valence-electron chi connectivity index (χ0n) is 17.7. The number of anilines is 1. The SMILES string of the molecule is O=C(Nc1ccccc1)c1nnc(C(=O)N2CCCC(C(=O)NCc3cccc(Cl)c3)C2)s1. The van der Waals surface area contributed by atoms with Gasteiger partial charge in [0.25, 0.3) is 11.8 Å². The Balaban J connectivity index is 1.33. The topological polar surface area (TPSA) is 104 Å². The van der Waals surface area contributed by atoms with Gasteiger partial charge in [0.05, 0.1) is 5.92 Å². The van der Waals surface area contributed by atoms with Crippen LogP contribution in [0.5, 0.6) is 0 Å². The monoisotopic (exact) mass is 483 g/mol. The first-order valence-electron chi connectivity index (χ1n) is 10.5. The average molecular weight is 484 g/mol. The molecule has 0 aliphatic carbocycles. The number of para-hydroxylation sites is 1. The van der Waals surface area contributed by atoms with Crippen molar-refractivity contribution in [2.24, 2.45) is 5.92 Å². The normalized spacial score (nSPS) is 15.7. The summed E-state index contributed by atoms with van der Waals surface area (Å²) in [5.41, 5.74) is 1.54. The number of nitrogens with zero attached hydrogens (tertiary/aromatic N) is 3. The van der Waals surface area contributed by atoms with Gasteiger partial charge in [0.1, 0.15) is 0 Å². The average Bonchev–Trinajstić information content (AvgIpc) is 3.33. The van der Waals surface area contributed by atoms with E-state index in [4.69, 9.17) is 11.6 Å². The summed E-state index contributed by atoms with van der Waals surface area (Å²) < 4.78 is 0. The molecule has 10 heteroatoms. The van der Waals surface area contributed by atoms with Gasteiger partial charge in [-0.3, -0.25) is 14.4 Å². The van der Waals surface area contributed by atoms with E-state index in [0.717, 1.165) is 16.9 Å². The number of rotatable bonds is 6. The van der Waals surface area contributed by atoms with Crippen LogP contribution in [-0.2, 0) is 11.3 Å². The van der Waals surface area contributed by atoms with Crippen LogP contribution in [-0.4, -0.2) is 45.9 Å². The minimum absolute atomic E-state index is 0.104. The maximum absolute atomic E-state index is 12.9. The number of carbonyl (C=O) groups is 3. The van der Waals surface area contributed by atoms with Gasteiger partial charge in [-0.05, 0) is 42.7 Å². The van der Waals surface area contributed by atoms with Crippen LogP contribution in [0.3, 0.4) is 0 Å². The molecule has 170 valence electrons. The summed E-state index contributed by atoms with van der Waals surface area (Å²) in [5, 5.41) is 14.3. The van der Waals surface area contributed by atoms with E-state index in [2.05, 4.69) is 20.8 Å². The molecule has 2 N–H and O–H groups in total. The predicted molar refractivity (Wildman–Crippen MR) is 126 cm³/mol. The van der Waals surface area contributed by atoms with Crippen molar-refractivity contribution < 1.29 is 14.4 Å². The van der Waals surface area contributed by atoms with Crippen LogP contribution in [0.25, 0.3) is 0 Å². The van der Waals surface area contributed by atoms with Crippen molar-refractivity contribution in [3.05, 3.63) is 75.2 Å². The Kier molecular flexibility index (Phi) is 7.31. The minimum Gasteiger partial charge on any atom is -0.352 e. The largest absolute Gasteiger partial charge is 0.352 e. The zero-order valence-corrected chi connectivity index (χ0v) is 19.2. The summed E-state index contributed by atoms with van der Waals surface area (Å²) in [6.45, 7) is 1.20. The number of hydrogen-bond donors (Lipinski definition) is 2. The Morgan fingerprint density at radius 3 is 2.64 bits per heavy atom. The van der Waals surface area contributed by atoms with Crippen LogP contribution in [0, 0.1) is 5.92 Å². The molecule has 0 spiro atoms. The highest BCUT2D eigenvalue weighted by atomic mass is 35.5. The standard InChI is InChI=1S/C23H22ClN5O3S/c24-17-8-4-6-15(12-17)13-25-19(30)16-7-5-11-29(14-16)23(32)22-28-27-21(33-22)20(31)26-18-9-2-1-3-10-18/h1-4,6,8-10,12,16H,5,7,11,13-14H2,(H,25,30)(H,26,31). The summed E-state index contributed by atoms with van der Waals surface area (Å²) in [5.74, 6) is -1.16. The molecule has 8 nitrogen and oxygen atoms in total. The molecule has 1 aromatic heterocycles. The van der Waals surface area contributed by atoms with Gasteiger partial charge < -0.3 is 15.5 Å². The summed E-state index contributed by atoms with van der Waals surface area (Å²) in [6, 6.07) is 16.3. The van der Waals surface area contributed by atoms with Crippen molar-refractivity contribution >= 4 is 46.3 Å². The number of carbonyl (C=O) groups excluding carboxylic acids is 3. The maximum Gasteiger partial charge on any atom is 0.286 e. The molecule has 4 rings (SSSR count). The van der Waals surface area contributed by atoms with Crippen molar-refractivity contribution in [3.8, 4) is 0 Å². The number of halogens is 1. The fourth-order valence-corrected chi connectivity index (χ4v) is 4.52. The first-order valence-corrected chi connectivity index (χ1v) is 11.7. The second kappa shape index (κ2) is 10.5. The Labute approximate surface area is 200 Å². The van der Waals surface area contributed by atoms with E-state index in [1.807, 2.05) is 30.3 Å². The first-order chi connectivity index (χ1) is 16.0. The van der Waals surface area contributed by atoms with E-state index >= 15 is 0 Å². The lowest BCUT2D eigenvalue weighted by Crippen LogP contribution is -2.45. The number of aromatic nitrogens is 2. The minimum atomic E-state index is -0.422. The highest BCUT2D eigenvalue weighted by molar-refractivity contribution is 7.15. The van der Waals surface area contributed by atoms with Crippen LogP contribution in [0.1, 0.15) is 38.0 Å². The lowest BCUT2D eigenvalue weighted by atomic mass is 9.97. The molecule has 1 aliphatic heterocycles. The summed E-state index contributed by atoms with van der Waals surface area (Å²) in [6.07, 6.45) is 1.41. The van der Waals surface area contributed by atoms with Crippen LogP contribution in [0.2, 0.25) is 5.02 Å². The van der Waals surface area contributed by atoms with E-state index in [0.29, 0.717) is 43.2 Å². The summed E-state index contributed by atoms with van der Waals surface area (Å²) in [7, 11) is 0. The zero-order chi connectivity index (χ0) is 23.2. The number of benzene rings is 2. The number of piperidine rings is 1. The molecule has 1 atom stereocenters. The third-order valence-corrected chi connectivity index (χ3v) is 6.41. The summed E-state index contributed by atoms with van der Waals surface area (Å²) in [4.78, 5) is 39.6. The number of amides is 3. The van der Waals surface area contributed by atoms with Gasteiger partial charge in [-0.1, -0.05) is 53.3 Å². The summed E-state index contributed by atoms with van der Waals surface area (Å²) >= 11 is 6.93. The Hall–Kier alpha value is -3.30. The Bertz CT molecular complexity index is 1150. The fraction of sp³-hybridized carbons (Fsp3) is 0.261. The van der Waals surface area contributed by atoms with E-state index in [1.54, 1.807) is 29.2 Å². The smallest absolute Gasteiger partial charge is 0.286 e. The van der Waals surface area contributed by atoms with Crippen LogP contribution < -0.4 is 10.6 Å². The number of likely N-dealkylation sites (tertiary alicyclic amines) is 1. The number of nitrogens with one attached hydrogen (secondary N) is 2. The van der Waals surface area contributed by atoms with E-state index in [-0.39, 0.29) is 27.7 Å². The van der Waals surface area contributed by atoms with E-state index < -0.39 is 5.91 Å². The maximum atomic E-state index is 12.9. The lowest BCUT2D eigenvalue weighted by Gasteiger charge is -2.31. The molecule has 0 bridgehead atoms. The van der Waals surface area contributed by atoms with Gasteiger partial charge in [0.15, 0.2) is 0 Å². The van der Waals surface area contributed by atoms with Crippen LogP contribution in [0.15, 0.2) is 54.6 Å². The van der Waals surface area contributed by atoms with Crippen molar-refractivity contribution in [1.82, 2.24) is 20.4 Å². The van der Waals surface area contributed by atoms with Gasteiger partial charge in [-0.25, -0.2) is 0 Å². The quantitative estimate of drug-likeness (QED) is 0.557. The second-order valence-corrected chi connectivity index (χ2v) is 9.08. The van der Waals surface area contributed by atoms with Gasteiger partial charge in [0, 0.05) is 30.3 Å². The fourth-order valence-electron chi connectivity index (χ4n) is 3.60. The second-order valence-electron chi connectivity index (χ2n) is 7.67. The Morgan fingerprint density at radius 1 is 1.06 bits per heavy atom. The number of hydrogen-bond acceptors (Lipinski definition) is 6. The third kappa shape index (κ3) is 5.94. The molecule has 0 radical (unpaired) electrons. The molecule has 33 heavy (non-hydrogen) atoms. The van der Waals surface area contributed by atoms with Crippen molar-refractivity contribution in [2.75, 3.05) is 18.4 Å². The van der Waals surface area contributed by atoms with E-state index in [9.17, 15) is 14.4 Å². The third-order valence-electron chi connectivity index (χ3n) is 5.27. The molecule has 1 unspecified atom stereocenters. The van der Waals surface area contributed by atoms with Crippen LogP contribution in [0.4, 0.5) is 5.69 Å². The van der Waals surface area contributed by atoms with E-state index in [1.165, 1.54) is 0 Å². The molecule has 0 saturated carbocycles. The molecule has 2 heterocycles. The molecule has 2 aromatic carbocycles. The van der Waals surface area contributed by atoms with Gasteiger partial charge in [-0.15, -0.1) is 10.2 Å². The van der Waals surface area contributed by atoms with Crippen molar-refractivity contribution in [2.45, 2.75) is 19.4 Å². The molecular formula is C23H22ClN5O3S. The molecule has 1 saturated heterocycles. The van der Waals surface area contributed by atoms with Gasteiger partial charge >= 0.3 is 0 Å². The predicted octanol–water partition coefficient (Wildman–Crippen LogP) is 3.61. The van der Waals surface area contributed by atoms with Gasteiger partial charge in [-0.2, -0.15) is 0 Å². The highest BCUT2D eigenvalue weighted by Crippen LogP contribution is 2.21. The van der Waals surface area contributed by atoms with Crippen molar-refractivity contribution in [1.29, 1.82) is 0 Å². The Morgan fingerprint density at radius 2 is 1.85 bits per heavy atom. The van der Waals surface area contributed by atoms with Gasteiger partial charge in [0.2, 0.25) is 15.9 Å². The molecule has 3 amide bonds. The molecular weight excluding hydrogens is 462 g/mol. The molecule has 1 aliphatic rings. The van der Waals surface area contributed by atoms with Crippen molar-refractivity contribution in [3.63, 3.8) is 0 Å². The van der Waals surface area contributed by atoms with Crippen LogP contribution >= 0.6 is 22.9 Å². The first kappa shape index (κ1) is 22.9.